The normalized spacial score (nSPS) is 11.8. The Morgan fingerprint density at radius 1 is 1.06 bits per heavy atom. The van der Waals surface area contributed by atoms with Crippen molar-refractivity contribution in [2.75, 3.05) is 5.32 Å². The summed E-state index contributed by atoms with van der Waals surface area (Å²) in [5.41, 5.74) is 1.59. The van der Waals surface area contributed by atoms with Crippen LogP contribution in [0.3, 0.4) is 0 Å². The van der Waals surface area contributed by atoms with Gasteiger partial charge < -0.3 is 10.1 Å². The van der Waals surface area contributed by atoms with Crippen molar-refractivity contribution in [3.05, 3.63) is 95.8 Å². The number of thioether (sulfide) groups is 1. The van der Waals surface area contributed by atoms with Gasteiger partial charge in [0.05, 0.1) is 10.9 Å². The van der Waals surface area contributed by atoms with Crippen LogP contribution in [0, 0.1) is 18.6 Å². The number of carbonyl (C=O) groups is 1. The molecule has 0 spiro atoms. The van der Waals surface area contributed by atoms with Gasteiger partial charge in [-0.05, 0) is 49.7 Å². The number of carbonyl (C=O) groups excluding carboxylic acids is 1. The Hall–Kier alpha value is -3.72. The lowest BCUT2D eigenvalue weighted by atomic mass is 10.2. The van der Waals surface area contributed by atoms with Gasteiger partial charge in [0.1, 0.15) is 24.0 Å². The molecular formula is C25H22F2N4O2S. The third-order valence-electron chi connectivity index (χ3n) is 5.00. The number of aromatic nitrogens is 3. The van der Waals surface area contributed by atoms with E-state index in [9.17, 15) is 13.6 Å². The number of benzene rings is 3. The van der Waals surface area contributed by atoms with Crippen LogP contribution in [-0.2, 0) is 11.4 Å². The molecule has 0 bridgehead atoms. The van der Waals surface area contributed by atoms with E-state index in [-0.39, 0.29) is 12.3 Å². The molecular weight excluding hydrogens is 458 g/mol. The topological polar surface area (TPSA) is 69.0 Å². The lowest BCUT2D eigenvalue weighted by molar-refractivity contribution is -0.115. The van der Waals surface area contributed by atoms with Crippen LogP contribution in [0.5, 0.6) is 5.75 Å². The standard InChI is InChI=1S/C25H22F2N4O2S/c1-16-8-6-7-11-22(16)33-15-23-29-30-25(31(23)19-9-4-3-5-10-19)34-17(2)24(32)28-21-14-18(26)12-13-20(21)27/h3-14,17H,15H2,1-2H3,(H,28,32). The van der Waals surface area contributed by atoms with Crippen molar-refractivity contribution in [1.82, 2.24) is 14.8 Å². The molecule has 6 nitrogen and oxygen atoms in total. The van der Waals surface area contributed by atoms with Gasteiger partial charge in [-0.3, -0.25) is 9.36 Å². The van der Waals surface area contributed by atoms with Crippen LogP contribution < -0.4 is 10.1 Å². The van der Waals surface area contributed by atoms with E-state index in [0.29, 0.717) is 11.0 Å². The van der Waals surface area contributed by atoms with E-state index >= 15 is 0 Å². The minimum absolute atomic E-state index is 0.169. The van der Waals surface area contributed by atoms with Crippen LogP contribution in [0.2, 0.25) is 0 Å². The number of anilines is 1. The van der Waals surface area contributed by atoms with Crippen molar-refractivity contribution >= 4 is 23.4 Å². The molecule has 1 heterocycles. The fraction of sp³-hybridized carbons (Fsp3) is 0.160. The Bertz CT molecular complexity index is 1300. The van der Waals surface area contributed by atoms with Crippen molar-refractivity contribution in [3.8, 4) is 11.4 Å². The number of halogens is 2. The SMILES string of the molecule is Cc1ccccc1OCc1nnc(SC(C)C(=O)Nc2cc(F)ccc2F)n1-c1ccccc1. The molecule has 34 heavy (non-hydrogen) atoms. The van der Waals surface area contributed by atoms with Gasteiger partial charge in [-0.1, -0.05) is 48.2 Å². The first-order valence-electron chi connectivity index (χ1n) is 10.5. The maximum Gasteiger partial charge on any atom is 0.237 e. The van der Waals surface area contributed by atoms with Crippen molar-refractivity contribution in [3.63, 3.8) is 0 Å². The summed E-state index contributed by atoms with van der Waals surface area (Å²) in [6, 6.07) is 20.0. The van der Waals surface area contributed by atoms with E-state index in [1.807, 2.05) is 66.1 Å². The number of nitrogens with zero attached hydrogens (tertiary/aromatic N) is 3. The van der Waals surface area contributed by atoms with E-state index in [0.717, 1.165) is 47.0 Å². The average Bonchev–Trinajstić information content (AvgIpc) is 3.23. The van der Waals surface area contributed by atoms with E-state index in [1.54, 1.807) is 6.92 Å². The summed E-state index contributed by atoms with van der Waals surface area (Å²) in [6.07, 6.45) is 0. The first kappa shape index (κ1) is 23.4. The second-order valence-corrected chi connectivity index (χ2v) is 8.81. The Labute approximate surface area is 200 Å². The summed E-state index contributed by atoms with van der Waals surface area (Å²) in [5, 5.41) is 10.8. The lowest BCUT2D eigenvalue weighted by Crippen LogP contribution is -2.23. The van der Waals surface area contributed by atoms with E-state index in [1.165, 1.54) is 0 Å². The summed E-state index contributed by atoms with van der Waals surface area (Å²) in [7, 11) is 0. The highest BCUT2D eigenvalue weighted by Gasteiger charge is 2.22. The highest BCUT2D eigenvalue weighted by molar-refractivity contribution is 8.00. The number of aryl methyl sites for hydroxylation is 1. The number of hydrogen-bond donors (Lipinski definition) is 1. The number of rotatable bonds is 8. The lowest BCUT2D eigenvalue weighted by Gasteiger charge is -2.15. The molecule has 0 saturated carbocycles. The van der Waals surface area contributed by atoms with Gasteiger partial charge in [-0.15, -0.1) is 10.2 Å². The fourth-order valence-electron chi connectivity index (χ4n) is 3.21. The van der Waals surface area contributed by atoms with Crippen LogP contribution in [0.25, 0.3) is 5.69 Å². The third-order valence-corrected chi connectivity index (χ3v) is 6.05. The van der Waals surface area contributed by atoms with Crippen LogP contribution in [0.1, 0.15) is 18.3 Å². The van der Waals surface area contributed by atoms with Crippen molar-refractivity contribution in [2.45, 2.75) is 30.9 Å². The van der Waals surface area contributed by atoms with E-state index in [4.69, 9.17) is 4.74 Å². The first-order valence-corrected chi connectivity index (χ1v) is 11.4. The molecule has 4 rings (SSSR count). The van der Waals surface area contributed by atoms with E-state index < -0.39 is 22.8 Å². The quantitative estimate of drug-likeness (QED) is 0.335. The highest BCUT2D eigenvalue weighted by atomic mass is 32.2. The smallest absolute Gasteiger partial charge is 0.237 e. The van der Waals surface area contributed by atoms with Crippen molar-refractivity contribution in [2.24, 2.45) is 0 Å². The molecule has 0 fully saturated rings. The summed E-state index contributed by atoms with van der Waals surface area (Å²) in [4.78, 5) is 12.7. The number of amides is 1. The highest BCUT2D eigenvalue weighted by Crippen LogP contribution is 2.28. The summed E-state index contributed by atoms with van der Waals surface area (Å²) in [6.45, 7) is 3.79. The number of hydrogen-bond acceptors (Lipinski definition) is 5. The van der Waals surface area contributed by atoms with Crippen molar-refractivity contribution < 1.29 is 18.3 Å². The summed E-state index contributed by atoms with van der Waals surface area (Å²) in [5.74, 6) is -0.547. The molecule has 1 atom stereocenters. The zero-order valence-electron chi connectivity index (χ0n) is 18.5. The summed E-state index contributed by atoms with van der Waals surface area (Å²) >= 11 is 1.15. The first-order chi connectivity index (χ1) is 16.4. The molecule has 9 heteroatoms. The predicted molar refractivity (Wildman–Crippen MR) is 127 cm³/mol. The van der Waals surface area contributed by atoms with Gasteiger partial charge >= 0.3 is 0 Å². The Balaban J connectivity index is 1.55. The number of nitrogens with one attached hydrogen (secondary N) is 1. The molecule has 0 aliphatic rings. The zero-order valence-corrected chi connectivity index (χ0v) is 19.4. The van der Waals surface area contributed by atoms with Gasteiger partial charge in [0.2, 0.25) is 5.91 Å². The van der Waals surface area contributed by atoms with Gasteiger partial charge in [0, 0.05) is 11.8 Å². The van der Waals surface area contributed by atoms with Crippen LogP contribution >= 0.6 is 11.8 Å². The molecule has 1 unspecified atom stereocenters. The van der Waals surface area contributed by atoms with Gasteiger partial charge in [0.25, 0.3) is 0 Å². The molecule has 1 aromatic heterocycles. The molecule has 0 saturated heterocycles. The minimum atomic E-state index is -0.713. The molecule has 1 N–H and O–H groups in total. The molecule has 0 aliphatic heterocycles. The second kappa shape index (κ2) is 10.5. The van der Waals surface area contributed by atoms with Gasteiger partial charge in [-0.25, -0.2) is 8.78 Å². The number of para-hydroxylation sites is 2. The molecule has 3 aromatic carbocycles. The zero-order chi connectivity index (χ0) is 24.1. The Morgan fingerprint density at radius 3 is 2.56 bits per heavy atom. The maximum absolute atomic E-state index is 13.9. The third kappa shape index (κ3) is 5.43. The van der Waals surface area contributed by atoms with Gasteiger partial charge in [0.15, 0.2) is 11.0 Å². The largest absolute Gasteiger partial charge is 0.485 e. The minimum Gasteiger partial charge on any atom is -0.485 e. The molecule has 174 valence electrons. The molecule has 0 aliphatic carbocycles. The van der Waals surface area contributed by atoms with Crippen LogP contribution in [0.4, 0.5) is 14.5 Å². The molecule has 0 radical (unpaired) electrons. The summed E-state index contributed by atoms with van der Waals surface area (Å²) < 4.78 is 35.2. The van der Waals surface area contributed by atoms with Crippen LogP contribution in [0.15, 0.2) is 78.0 Å². The molecule has 4 aromatic rings. The van der Waals surface area contributed by atoms with Gasteiger partial charge in [-0.2, -0.15) is 0 Å². The van der Waals surface area contributed by atoms with E-state index in [2.05, 4.69) is 15.5 Å². The average molecular weight is 481 g/mol. The van der Waals surface area contributed by atoms with Crippen LogP contribution in [-0.4, -0.2) is 25.9 Å². The predicted octanol–water partition coefficient (Wildman–Crippen LogP) is 5.55. The maximum atomic E-state index is 13.9. The monoisotopic (exact) mass is 480 g/mol. The fourth-order valence-corrected chi connectivity index (χ4v) is 4.09. The Kier molecular flexibility index (Phi) is 7.22. The Morgan fingerprint density at radius 2 is 1.79 bits per heavy atom. The molecule has 1 amide bonds. The van der Waals surface area contributed by atoms with Crippen molar-refractivity contribution in [1.29, 1.82) is 0 Å². The second-order valence-electron chi connectivity index (χ2n) is 7.50. The number of ether oxygens (including phenoxy) is 1.